The standard InChI is InChI=1S/C16H47N13P4/c1-16(2,3)18-31(21-20-30-19-17,22-32(24(4)5,25(6)7)26(8)9)23-33(27(10)11,28(12)13)29(14)15/h17,30H,1-15H3. The van der Waals surface area contributed by atoms with E-state index in [4.69, 9.17) is 24.2 Å². The highest BCUT2D eigenvalue weighted by atomic mass is 31.2. The molecule has 1 unspecified atom stereocenters. The molecule has 0 aliphatic rings. The minimum absolute atomic E-state index is 0.344. The van der Waals surface area contributed by atoms with Gasteiger partial charge in [0.15, 0.2) is 23.9 Å². The smallest absolute Gasteiger partial charge is 0.252 e. The zero-order valence-electron chi connectivity index (χ0n) is 23.2. The predicted octanol–water partition coefficient (Wildman–Crippen LogP) is 5.98. The van der Waals surface area contributed by atoms with Crippen LogP contribution in [0.15, 0.2) is 28.4 Å². The van der Waals surface area contributed by atoms with E-state index in [1.165, 1.54) is 0 Å². The summed E-state index contributed by atoms with van der Waals surface area (Å²) in [5.41, 5.74) is 6.76. The highest BCUT2D eigenvalue weighted by molar-refractivity contribution is 7.77. The highest BCUT2D eigenvalue weighted by Crippen LogP contribution is 2.74. The van der Waals surface area contributed by atoms with Crippen LogP contribution >= 0.6 is 31.4 Å². The molecule has 0 fully saturated rings. The lowest BCUT2D eigenvalue weighted by atomic mass is 10.1. The molecule has 33 heavy (non-hydrogen) atoms. The van der Waals surface area contributed by atoms with Gasteiger partial charge in [0, 0.05) is 0 Å². The van der Waals surface area contributed by atoms with Gasteiger partial charge in [-0.3, -0.25) is 28.0 Å². The van der Waals surface area contributed by atoms with Gasteiger partial charge in [0.2, 0.25) is 0 Å². The van der Waals surface area contributed by atoms with Crippen molar-refractivity contribution in [3.8, 4) is 0 Å². The molecule has 0 radical (unpaired) electrons. The van der Waals surface area contributed by atoms with Crippen LogP contribution in [0, 0.1) is 5.53 Å². The lowest BCUT2D eigenvalue weighted by Gasteiger charge is -2.44. The summed E-state index contributed by atoms with van der Waals surface area (Å²) in [6.07, 6.45) is 0. The maximum absolute atomic E-state index is 7.23. The van der Waals surface area contributed by atoms with Crippen LogP contribution in [0.4, 0.5) is 0 Å². The summed E-state index contributed by atoms with van der Waals surface area (Å²) in [5.74, 6) is 0. The summed E-state index contributed by atoms with van der Waals surface area (Å²) in [4.78, 5) is 12.4. The SMILES string of the molecule is CN(C)P(=NP(N=NPN=N)(=NC(C)(C)C)N=P(N(C)C)(N(C)C)N(C)C)(N(C)C)N(C)C. The predicted molar refractivity (Wildman–Crippen MR) is 148 cm³/mol. The molecule has 0 spiro atoms. The van der Waals surface area contributed by atoms with Gasteiger partial charge >= 0.3 is 7.51 Å². The maximum atomic E-state index is 7.23. The van der Waals surface area contributed by atoms with Crippen molar-refractivity contribution >= 4 is 31.4 Å². The molecule has 0 heterocycles. The number of nitrogens with one attached hydrogen (secondary N) is 1. The Hall–Kier alpha value is 0.0800. The normalized spacial score (nSPS) is 14.8. The van der Waals surface area contributed by atoms with Crippen LogP contribution in [0.25, 0.3) is 0 Å². The average Bonchev–Trinajstić information content (AvgIpc) is 2.61. The van der Waals surface area contributed by atoms with E-state index in [2.05, 4.69) is 37.8 Å². The summed E-state index contributed by atoms with van der Waals surface area (Å²) in [7, 11) is 15.9. The van der Waals surface area contributed by atoms with Gasteiger partial charge in [-0.25, -0.2) is 10.3 Å². The minimum Gasteiger partial charge on any atom is -0.252 e. The third kappa shape index (κ3) is 8.04. The van der Waals surface area contributed by atoms with Gasteiger partial charge in [-0.15, -0.1) is 9.77 Å². The second kappa shape index (κ2) is 12.9. The molecule has 0 amide bonds. The van der Waals surface area contributed by atoms with Crippen LogP contribution in [0.2, 0.25) is 0 Å². The van der Waals surface area contributed by atoms with Crippen molar-refractivity contribution in [1.82, 2.24) is 28.0 Å². The largest absolute Gasteiger partial charge is 0.323 e. The third-order valence-electron chi connectivity index (χ3n) is 4.39. The molecule has 13 nitrogen and oxygen atoms in total. The summed E-state index contributed by atoms with van der Waals surface area (Å²) >= 11 is 0. The van der Waals surface area contributed by atoms with Gasteiger partial charge < -0.3 is 0 Å². The molecule has 0 aromatic rings. The molecule has 0 saturated heterocycles. The number of nitrogens with zero attached hydrogens (tertiary/aromatic N) is 12. The topological polar surface area (TPSA) is 117 Å². The van der Waals surface area contributed by atoms with Gasteiger partial charge in [-0.1, -0.05) is 0 Å². The molecule has 0 aromatic carbocycles. The summed E-state index contributed by atoms with van der Waals surface area (Å²) in [5, 5.41) is 0. The molecule has 0 rings (SSSR count). The number of hydrogen-bond acceptors (Lipinski definition) is 4. The molecule has 17 heteroatoms. The zero-order chi connectivity index (χ0) is 26.4. The highest BCUT2D eigenvalue weighted by Gasteiger charge is 2.39. The first-order valence-electron chi connectivity index (χ1n) is 10.4. The monoisotopic (exact) mass is 545 g/mol. The van der Waals surface area contributed by atoms with Crippen molar-refractivity contribution < 1.29 is 0 Å². The second-order valence-corrected chi connectivity index (χ2v) is 20.0. The Labute approximate surface area is 204 Å². The molecule has 0 bridgehead atoms. The Morgan fingerprint density at radius 1 is 0.606 bits per heavy atom. The van der Waals surface area contributed by atoms with E-state index in [9.17, 15) is 0 Å². The van der Waals surface area contributed by atoms with Crippen LogP contribution in [0.5, 0.6) is 0 Å². The Balaban J connectivity index is 8.33. The Kier molecular flexibility index (Phi) is 12.9. The molecular formula is C16H47N13P4. The van der Waals surface area contributed by atoms with Crippen LogP contribution in [-0.4, -0.2) is 118 Å². The van der Waals surface area contributed by atoms with Crippen molar-refractivity contribution in [3.05, 3.63) is 0 Å². The van der Waals surface area contributed by atoms with Gasteiger partial charge in [-0.2, -0.15) is 13.9 Å². The molecule has 196 valence electrons. The van der Waals surface area contributed by atoms with E-state index in [0.717, 1.165) is 0 Å². The van der Waals surface area contributed by atoms with E-state index in [-0.39, 0.29) is 8.88 Å². The fraction of sp³-hybridized carbons (Fsp3) is 1.00. The first kappa shape index (κ1) is 33.1. The number of rotatable bonds is 11. The zero-order valence-corrected chi connectivity index (χ0v) is 26.9. The van der Waals surface area contributed by atoms with Crippen LogP contribution < -0.4 is 0 Å². The van der Waals surface area contributed by atoms with Crippen molar-refractivity contribution in [2.24, 2.45) is 28.4 Å². The summed E-state index contributed by atoms with van der Waals surface area (Å²) in [6.45, 7) is 6.09. The van der Waals surface area contributed by atoms with Gasteiger partial charge in [0.25, 0.3) is 0 Å². The van der Waals surface area contributed by atoms with E-state index in [1.807, 2.05) is 105 Å². The third-order valence-corrected chi connectivity index (χ3v) is 16.3. The maximum Gasteiger partial charge on any atom is 0.323 e. The average molecular weight is 546 g/mol. The van der Waals surface area contributed by atoms with Gasteiger partial charge in [0.05, 0.1) is 5.54 Å². The summed E-state index contributed by atoms with van der Waals surface area (Å²) in [6, 6.07) is 0. The molecule has 0 saturated carbocycles. The Bertz CT molecular complexity index is 733. The first-order valence-corrected chi connectivity index (χ1v) is 16.1. The van der Waals surface area contributed by atoms with Gasteiger partial charge in [-0.05, 0) is 105 Å². The van der Waals surface area contributed by atoms with Crippen molar-refractivity contribution in [2.75, 3.05) is 84.6 Å². The molecule has 0 aliphatic heterocycles. The van der Waals surface area contributed by atoms with Crippen LogP contribution in [-0.2, 0) is 0 Å². The molecular weight excluding hydrogens is 498 g/mol. The van der Waals surface area contributed by atoms with E-state index >= 15 is 0 Å². The van der Waals surface area contributed by atoms with E-state index < -0.39 is 28.1 Å². The molecule has 1 atom stereocenters. The van der Waals surface area contributed by atoms with Crippen molar-refractivity contribution in [2.45, 2.75) is 26.3 Å². The Morgan fingerprint density at radius 3 is 1.12 bits per heavy atom. The first-order chi connectivity index (χ1) is 14.8. The molecule has 0 aliphatic carbocycles. The number of hydrogen-bond donors (Lipinski definition) is 1. The van der Waals surface area contributed by atoms with Gasteiger partial charge in [0.1, 0.15) is 0 Å². The van der Waals surface area contributed by atoms with Crippen molar-refractivity contribution in [3.63, 3.8) is 0 Å². The quantitative estimate of drug-likeness (QED) is 0.252. The summed E-state index contributed by atoms with van der Waals surface area (Å²) < 4.78 is 28.9. The minimum atomic E-state index is -3.17. The fourth-order valence-electron chi connectivity index (χ4n) is 3.57. The lowest BCUT2D eigenvalue weighted by Crippen LogP contribution is -2.31. The van der Waals surface area contributed by atoms with Crippen molar-refractivity contribution in [1.29, 1.82) is 5.53 Å². The second-order valence-electron chi connectivity index (χ2n) is 9.54. The van der Waals surface area contributed by atoms with Crippen LogP contribution in [0.1, 0.15) is 20.8 Å². The lowest BCUT2D eigenvalue weighted by molar-refractivity contribution is 0.473. The Morgan fingerprint density at radius 2 is 0.909 bits per heavy atom. The fourth-order valence-corrected chi connectivity index (χ4v) is 16.9. The molecule has 1 N–H and O–H groups in total. The molecule has 0 aromatic heterocycles. The van der Waals surface area contributed by atoms with Crippen LogP contribution in [0.3, 0.4) is 0 Å². The van der Waals surface area contributed by atoms with E-state index in [1.54, 1.807) is 0 Å². The van der Waals surface area contributed by atoms with E-state index in [0.29, 0.717) is 0 Å².